The van der Waals surface area contributed by atoms with Gasteiger partial charge >= 0.3 is 0 Å². The zero-order valence-corrected chi connectivity index (χ0v) is 12.4. The molecule has 1 aliphatic heterocycles. The molecule has 1 atom stereocenters. The number of hydrogen-bond acceptors (Lipinski definition) is 3. The Morgan fingerprint density at radius 2 is 2.37 bits per heavy atom. The highest BCUT2D eigenvalue weighted by molar-refractivity contribution is 5.00. The zero-order valence-electron chi connectivity index (χ0n) is 12.4. The van der Waals surface area contributed by atoms with Crippen LogP contribution in [0.15, 0.2) is 12.3 Å². The Bertz CT molecular complexity index is 355. The predicted octanol–water partition coefficient (Wildman–Crippen LogP) is 1.82. The van der Waals surface area contributed by atoms with E-state index in [1.165, 1.54) is 51.0 Å². The highest BCUT2D eigenvalue weighted by Gasteiger charge is 2.17. The first-order chi connectivity index (χ1) is 9.29. The third-order valence-electron chi connectivity index (χ3n) is 4.08. The molecule has 0 aromatic carbocycles. The molecule has 1 aromatic rings. The topological polar surface area (TPSA) is 33.1 Å². The molecule has 1 aliphatic rings. The molecule has 4 nitrogen and oxygen atoms in total. The highest BCUT2D eigenvalue weighted by Crippen LogP contribution is 2.09. The minimum absolute atomic E-state index is 0.711. The predicted molar refractivity (Wildman–Crippen MR) is 79.3 cm³/mol. The Hall–Kier alpha value is -0.870. The molecule has 0 bridgehead atoms. The second-order valence-corrected chi connectivity index (χ2v) is 5.64. The molecule has 0 spiro atoms. The number of nitrogens with zero attached hydrogens (tertiary/aromatic N) is 3. The van der Waals surface area contributed by atoms with E-state index in [1.807, 2.05) is 17.9 Å². The quantitative estimate of drug-likeness (QED) is 0.777. The van der Waals surface area contributed by atoms with Crippen LogP contribution in [0.1, 0.15) is 38.3 Å². The number of unbranched alkanes of at least 4 members (excludes halogenated alkanes) is 1. The largest absolute Gasteiger partial charge is 0.313 e. The fourth-order valence-corrected chi connectivity index (χ4v) is 2.82. The number of rotatable bonds is 8. The highest BCUT2D eigenvalue weighted by atomic mass is 15.3. The molecule has 4 heteroatoms. The van der Waals surface area contributed by atoms with Crippen molar-refractivity contribution in [3.8, 4) is 0 Å². The van der Waals surface area contributed by atoms with Crippen LogP contribution in [0, 0.1) is 0 Å². The van der Waals surface area contributed by atoms with Crippen LogP contribution in [-0.4, -0.2) is 46.9 Å². The van der Waals surface area contributed by atoms with Gasteiger partial charge in [-0.25, -0.2) is 0 Å². The second-order valence-electron chi connectivity index (χ2n) is 5.64. The molecular formula is C15H28N4. The van der Waals surface area contributed by atoms with Crippen LogP contribution in [0.2, 0.25) is 0 Å². The van der Waals surface area contributed by atoms with Crippen LogP contribution in [-0.2, 0) is 13.5 Å². The van der Waals surface area contributed by atoms with Gasteiger partial charge in [0, 0.05) is 44.5 Å². The summed E-state index contributed by atoms with van der Waals surface area (Å²) in [6.45, 7) is 7.06. The number of nitrogens with one attached hydrogen (secondary N) is 1. The Kier molecular flexibility index (Phi) is 5.86. The van der Waals surface area contributed by atoms with E-state index in [0.29, 0.717) is 6.04 Å². The molecule has 1 aromatic heterocycles. The van der Waals surface area contributed by atoms with Gasteiger partial charge in [-0.2, -0.15) is 5.10 Å². The second kappa shape index (κ2) is 7.65. The number of hydrogen-bond donors (Lipinski definition) is 1. The van der Waals surface area contributed by atoms with Crippen molar-refractivity contribution >= 4 is 0 Å². The molecule has 2 rings (SSSR count). The first-order valence-corrected chi connectivity index (χ1v) is 7.72. The first kappa shape index (κ1) is 14.5. The third-order valence-corrected chi connectivity index (χ3v) is 4.08. The Morgan fingerprint density at radius 3 is 3.00 bits per heavy atom. The van der Waals surface area contributed by atoms with E-state index in [9.17, 15) is 0 Å². The van der Waals surface area contributed by atoms with Gasteiger partial charge in [0.2, 0.25) is 0 Å². The van der Waals surface area contributed by atoms with Gasteiger partial charge in [-0.15, -0.1) is 0 Å². The van der Waals surface area contributed by atoms with E-state index < -0.39 is 0 Å². The average molecular weight is 264 g/mol. The van der Waals surface area contributed by atoms with Crippen molar-refractivity contribution in [3.63, 3.8) is 0 Å². The Labute approximate surface area is 117 Å². The summed E-state index contributed by atoms with van der Waals surface area (Å²) < 4.78 is 1.99. The van der Waals surface area contributed by atoms with E-state index >= 15 is 0 Å². The first-order valence-electron chi connectivity index (χ1n) is 7.72. The van der Waals surface area contributed by atoms with E-state index in [-0.39, 0.29) is 0 Å². The van der Waals surface area contributed by atoms with Gasteiger partial charge in [0.1, 0.15) is 0 Å². The van der Waals surface area contributed by atoms with Crippen LogP contribution in [0.4, 0.5) is 0 Å². The zero-order chi connectivity index (χ0) is 13.5. The minimum atomic E-state index is 0.711. The van der Waals surface area contributed by atoms with Gasteiger partial charge in [-0.1, -0.05) is 13.3 Å². The maximum atomic E-state index is 4.25. The monoisotopic (exact) mass is 264 g/mol. The molecular weight excluding hydrogens is 236 g/mol. The molecule has 0 aliphatic carbocycles. The summed E-state index contributed by atoms with van der Waals surface area (Å²) in [6.07, 6.45) is 8.26. The van der Waals surface area contributed by atoms with Crippen LogP contribution in [0.25, 0.3) is 0 Å². The van der Waals surface area contributed by atoms with Gasteiger partial charge < -0.3 is 10.2 Å². The smallest absolute Gasteiger partial charge is 0.0492 e. The lowest BCUT2D eigenvalue weighted by Gasteiger charge is -2.25. The molecule has 1 N–H and O–H groups in total. The molecule has 108 valence electrons. The Balaban J connectivity index is 1.80. The summed E-state index contributed by atoms with van der Waals surface area (Å²) >= 11 is 0. The fraction of sp³-hybridized carbons (Fsp3) is 0.800. The van der Waals surface area contributed by atoms with Gasteiger partial charge in [0.05, 0.1) is 0 Å². The normalized spacial score (nSPS) is 19.4. The molecule has 0 amide bonds. The van der Waals surface area contributed by atoms with Gasteiger partial charge in [-0.05, 0) is 38.4 Å². The molecule has 1 saturated heterocycles. The maximum Gasteiger partial charge on any atom is 0.0492 e. The lowest BCUT2D eigenvalue weighted by Crippen LogP contribution is -2.39. The average Bonchev–Trinajstić information content (AvgIpc) is 3.04. The lowest BCUT2D eigenvalue weighted by atomic mass is 10.2. The van der Waals surface area contributed by atoms with Gasteiger partial charge in [0.25, 0.3) is 0 Å². The third kappa shape index (κ3) is 4.62. The minimum Gasteiger partial charge on any atom is -0.313 e. The molecule has 0 radical (unpaired) electrons. The van der Waals surface area contributed by atoms with Crippen molar-refractivity contribution in [1.82, 2.24) is 20.0 Å². The van der Waals surface area contributed by atoms with Crippen molar-refractivity contribution in [2.24, 2.45) is 7.05 Å². The number of aryl methyl sites for hydroxylation is 1. The lowest BCUT2D eigenvalue weighted by molar-refractivity contribution is 0.247. The molecule has 0 saturated carbocycles. The van der Waals surface area contributed by atoms with E-state index in [0.717, 1.165) is 13.0 Å². The molecule has 2 heterocycles. The van der Waals surface area contributed by atoms with Crippen molar-refractivity contribution in [2.75, 3.05) is 26.2 Å². The van der Waals surface area contributed by atoms with Gasteiger partial charge in [-0.3, -0.25) is 4.68 Å². The van der Waals surface area contributed by atoms with Crippen LogP contribution < -0.4 is 5.32 Å². The summed E-state index contributed by atoms with van der Waals surface area (Å²) in [4.78, 5) is 2.62. The SMILES string of the molecule is CCCCN(CCc1ccnn1C)CC1CCCN1. The molecule has 19 heavy (non-hydrogen) atoms. The standard InChI is InChI=1S/C15H28N4/c1-3-4-11-19(13-14-6-5-9-16-14)12-8-15-7-10-17-18(15)2/h7,10,14,16H,3-6,8-9,11-13H2,1-2H3. The molecule has 1 unspecified atom stereocenters. The summed E-state index contributed by atoms with van der Waals surface area (Å²) in [6, 6.07) is 2.84. The van der Waals surface area contributed by atoms with E-state index in [2.05, 4.69) is 28.3 Å². The molecule has 1 fully saturated rings. The van der Waals surface area contributed by atoms with E-state index in [1.54, 1.807) is 0 Å². The van der Waals surface area contributed by atoms with Crippen LogP contribution in [0.3, 0.4) is 0 Å². The summed E-state index contributed by atoms with van der Waals surface area (Å²) in [5.41, 5.74) is 1.33. The number of aromatic nitrogens is 2. The summed E-state index contributed by atoms with van der Waals surface area (Å²) in [7, 11) is 2.03. The summed E-state index contributed by atoms with van der Waals surface area (Å²) in [5, 5.41) is 7.85. The van der Waals surface area contributed by atoms with Crippen LogP contribution >= 0.6 is 0 Å². The van der Waals surface area contributed by atoms with Gasteiger partial charge in [0.15, 0.2) is 0 Å². The van der Waals surface area contributed by atoms with Crippen molar-refractivity contribution in [1.29, 1.82) is 0 Å². The van der Waals surface area contributed by atoms with Crippen LogP contribution in [0.5, 0.6) is 0 Å². The van der Waals surface area contributed by atoms with Crippen molar-refractivity contribution < 1.29 is 0 Å². The van der Waals surface area contributed by atoms with Crippen molar-refractivity contribution in [2.45, 2.75) is 45.1 Å². The summed E-state index contributed by atoms with van der Waals surface area (Å²) in [5.74, 6) is 0. The maximum absolute atomic E-state index is 4.25. The fourth-order valence-electron chi connectivity index (χ4n) is 2.82. The van der Waals surface area contributed by atoms with E-state index in [4.69, 9.17) is 0 Å². The Morgan fingerprint density at radius 1 is 1.47 bits per heavy atom. The van der Waals surface area contributed by atoms with Crippen molar-refractivity contribution in [3.05, 3.63) is 18.0 Å².